The van der Waals surface area contributed by atoms with Crippen molar-refractivity contribution in [1.29, 1.82) is 0 Å². The van der Waals surface area contributed by atoms with Crippen molar-refractivity contribution >= 4 is 21.2 Å². The summed E-state index contributed by atoms with van der Waals surface area (Å²) in [7, 11) is -3.56. The molecule has 0 saturated carbocycles. The van der Waals surface area contributed by atoms with Crippen LogP contribution < -0.4 is 4.72 Å². The minimum atomic E-state index is -3.56. The Morgan fingerprint density at radius 1 is 1.53 bits per heavy atom. The molecular weight excluding hydrogens is 284 g/mol. The van der Waals surface area contributed by atoms with E-state index in [0.29, 0.717) is 0 Å². The average Bonchev–Trinajstić information content (AvgIpc) is 2.32. The molecule has 0 aliphatic carbocycles. The number of aromatic nitrogens is 1. The topological polar surface area (TPSA) is 82.1 Å². The summed E-state index contributed by atoms with van der Waals surface area (Å²) in [5.41, 5.74) is 0.202. The van der Waals surface area contributed by atoms with Crippen molar-refractivity contribution in [3.05, 3.63) is 23.9 Å². The fourth-order valence-electron chi connectivity index (χ4n) is 1.16. The van der Waals surface area contributed by atoms with E-state index >= 15 is 0 Å². The fraction of sp³-hybridized carbons (Fsp3) is 0.583. The Morgan fingerprint density at radius 2 is 2.16 bits per heavy atom. The first kappa shape index (κ1) is 12.1. The Balaban J connectivity index is 3.25. The maximum absolute atomic E-state index is 12.2. The van der Waals surface area contributed by atoms with Crippen molar-refractivity contribution in [2.45, 2.75) is 43.4 Å². The number of nitrogens with zero attached hydrogens (tertiary/aromatic N) is 1. The summed E-state index contributed by atoms with van der Waals surface area (Å²) in [6, 6.07) is 1.34. The molecule has 0 amide bonds. The molecule has 0 fully saturated rings. The Bertz CT molecular complexity index is 627. The van der Waals surface area contributed by atoms with Gasteiger partial charge in [-0.1, -0.05) is 0 Å². The van der Waals surface area contributed by atoms with Gasteiger partial charge in [0.1, 0.15) is 4.75 Å². The maximum atomic E-state index is 12.2. The van der Waals surface area contributed by atoms with Crippen LogP contribution in [0.4, 0.5) is 0 Å². The van der Waals surface area contributed by atoms with E-state index in [1.165, 1.54) is 18.3 Å². The molecule has 1 rings (SSSR count). The number of hydrogen-bond acceptors (Lipinski definition) is 5. The third-order valence-electron chi connectivity index (χ3n) is 2.25. The molecule has 1 aromatic rings. The minimum Gasteiger partial charge on any atom is -0.598 e. The van der Waals surface area contributed by atoms with Crippen LogP contribution in [0.1, 0.15) is 43.3 Å². The predicted molar refractivity (Wildman–Crippen MR) is 76.8 cm³/mol. The third kappa shape index (κ3) is 4.76. The predicted octanol–water partition coefficient (Wildman–Crippen LogP) is 1.60. The molecule has 0 bridgehead atoms. The van der Waals surface area contributed by atoms with E-state index < -0.39 is 38.8 Å². The van der Waals surface area contributed by atoms with Crippen molar-refractivity contribution in [1.82, 2.24) is 9.71 Å². The molecule has 2 atom stereocenters. The first-order valence-corrected chi connectivity index (χ1v) is 8.61. The van der Waals surface area contributed by atoms with Crippen LogP contribution in [0, 0.1) is 0 Å². The van der Waals surface area contributed by atoms with Gasteiger partial charge in [0.2, 0.25) is 0 Å². The molecule has 0 aliphatic rings. The molecule has 1 aromatic heterocycles. The number of nitrogens with one attached hydrogen (secondary N) is 1. The first-order valence-electron chi connectivity index (χ1n) is 7.07. The van der Waals surface area contributed by atoms with Crippen LogP contribution >= 0.6 is 0 Å². The number of sulfone groups is 1. The summed E-state index contributed by atoms with van der Waals surface area (Å²) >= 11 is -1.62. The van der Waals surface area contributed by atoms with Crippen molar-refractivity contribution in [2.24, 2.45) is 0 Å². The van der Waals surface area contributed by atoms with Gasteiger partial charge >= 0.3 is 0 Å². The number of rotatable bonds is 4. The Kier molecular flexibility index (Phi) is 3.69. The van der Waals surface area contributed by atoms with Gasteiger partial charge in [0.05, 0.1) is 6.04 Å². The summed E-state index contributed by atoms with van der Waals surface area (Å²) in [6.07, 6.45) is 2.22. The quantitative estimate of drug-likeness (QED) is 0.854. The molecule has 5 nitrogen and oxygen atoms in total. The van der Waals surface area contributed by atoms with Crippen molar-refractivity contribution in [3.8, 4) is 0 Å². The molecule has 0 unspecified atom stereocenters. The smallest absolute Gasteiger partial charge is 0.192 e. The third-order valence-corrected chi connectivity index (χ3v) is 4.80. The molecule has 1 heterocycles. The van der Waals surface area contributed by atoms with E-state index in [-0.39, 0.29) is 10.6 Å². The van der Waals surface area contributed by atoms with Crippen molar-refractivity contribution < 1.29 is 17.1 Å². The molecular formula is C12H20N2O3S2. The van der Waals surface area contributed by atoms with Crippen LogP contribution in [0.25, 0.3) is 0 Å². The van der Waals surface area contributed by atoms with Gasteiger partial charge in [-0.15, -0.1) is 4.72 Å². The Labute approximate surface area is 122 Å². The highest BCUT2D eigenvalue weighted by molar-refractivity contribution is 7.91. The molecule has 0 radical (unpaired) electrons. The van der Waals surface area contributed by atoms with E-state index in [1.807, 2.05) is 0 Å². The largest absolute Gasteiger partial charge is 0.598 e. The zero-order valence-corrected chi connectivity index (χ0v) is 12.9. The van der Waals surface area contributed by atoms with Gasteiger partial charge in [0, 0.05) is 27.9 Å². The van der Waals surface area contributed by atoms with Gasteiger partial charge in [-0.3, -0.25) is 0 Å². The summed E-state index contributed by atoms with van der Waals surface area (Å²) in [4.78, 5) is 3.73. The van der Waals surface area contributed by atoms with Crippen LogP contribution in [0.5, 0.6) is 0 Å². The monoisotopic (exact) mass is 307 g/mol. The number of hydrogen-bond donors (Lipinski definition) is 1. The summed E-state index contributed by atoms with van der Waals surface area (Å²) in [5.74, 6) is 0. The standard InChI is InChI=1S/C12H20N2O3S2/c1-9(14-18(15)12(2,3)4)10-6-7-13-11(8-10)19(5,16)17/h6-9,14H,1-5H3/t9-,18+/m0/s1/i1D3. The lowest BCUT2D eigenvalue weighted by atomic mass is 10.1. The van der Waals surface area contributed by atoms with Crippen molar-refractivity contribution in [2.75, 3.05) is 6.26 Å². The van der Waals surface area contributed by atoms with Gasteiger partial charge in [-0.25, -0.2) is 13.4 Å². The Morgan fingerprint density at radius 3 is 2.63 bits per heavy atom. The Hall–Kier alpha value is -0.630. The van der Waals surface area contributed by atoms with E-state index in [4.69, 9.17) is 4.11 Å². The zero-order chi connectivity index (χ0) is 17.3. The van der Waals surface area contributed by atoms with Crippen LogP contribution in [0.2, 0.25) is 0 Å². The van der Waals surface area contributed by atoms with Gasteiger partial charge in [-0.05, 0) is 45.3 Å². The molecule has 0 aromatic carbocycles. The molecule has 0 saturated heterocycles. The van der Waals surface area contributed by atoms with Crippen molar-refractivity contribution in [3.63, 3.8) is 0 Å². The van der Waals surface area contributed by atoms with Crippen LogP contribution in [0.3, 0.4) is 0 Å². The van der Waals surface area contributed by atoms with E-state index in [9.17, 15) is 13.0 Å². The lowest BCUT2D eigenvalue weighted by molar-refractivity contribution is 0.531. The maximum Gasteiger partial charge on any atom is 0.192 e. The molecule has 0 spiro atoms. The summed E-state index contributed by atoms with van der Waals surface area (Å²) in [6.45, 7) is 2.64. The molecule has 7 heteroatoms. The second kappa shape index (κ2) is 5.78. The summed E-state index contributed by atoms with van der Waals surface area (Å²) < 4.78 is 60.1. The average molecular weight is 307 g/mol. The lowest BCUT2D eigenvalue weighted by Gasteiger charge is -2.26. The highest BCUT2D eigenvalue weighted by Crippen LogP contribution is 2.20. The highest BCUT2D eigenvalue weighted by atomic mass is 32.2. The SMILES string of the molecule is [2H]C([2H])([2H])[C@H](N[S@+]([O-])C(C)(C)C)c1ccnc(S(C)(=O)=O)c1. The number of pyridine rings is 1. The summed E-state index contributed by atoms with van der Waals surface area (Å²) in [5, 5.41) is -0.220. The van der Waals surface area contributed by atoms with E-state index in [0.717, 1.165) is 6.26 Å². The van der Waals surface area contributed by atoms with E-state index in [2.05, 4.69) is 9.71 Å². The molecule has 0 aliphatic heterocycles. The second-order valence-electron chi connectivity index (χ2n) is 5.13. The fourth-order valence-corrected chi connectivity index (χ4v) is 2.47. The lowest BCUT2D eigenvalue weighted by Crippen LogP contribution is -2.40. The van der Waals surface area contributed by atoms with Gasteiger partial charge in [0.15, 0.2) is 14.9 Å². The molecule has 108 valence electrons. The zero-order valence-electron chi connectivity index (χ0n) is 14.3. The van der Waals surface area contributed by atoms with Crippen LogP contribution in [-0.2, 0) is 21.2 Å². The second-order valence-corrected chi connectivity index (χ2v) is 9.09. The van der Waals surface area contributed by atoms with Crippen LogP contribution in [-0.4, -0.2) is 29.0 Å². The van der Waals surface area contributed by atoms with Gasteiger partial charge < -0.3 is 4.55 Å². The van der Waals surface area contributed by atoms with Gasteiger partial charge in [-0.2, -0.15) is 0 Å². The first-order chi connectivity index (χ1) is 9.73. The molecule has 1 N–H and O–H groups in total. The minimum absolute atomic E-state index is 0.202. The molecule has 19 heavy (non-hydrogen) atoms. The highest BCUT2D eigenvalue weighted by Gasteiger charge is 2.28. The van der Waals surface area contributed by atoms with Gasteiger partial charge in [0.25, 0.3) is 0 Å². The van der Waals surface area contributed by atoms with Crippen LogP contribution in [0.15, 0.2) is 23.4 Å². The van der Waals surface area contributed by atoms with E-state index in [1.54, 1.807) is 20.8 Å². The normalized spacial score (nSPS) is 19.1.